The normalized spacial score (nSPS) is 13.4. The summed E-state index contributed by atoms with van der Waals surface area (Å²) in [5.74, 6) is -0.454. The van der Waals surface area contributed by atoms with Gasteiger partial charge in [0.1, 0.15) is 12.5 Å². The van der Waals surface area contributed by atoms with Gasteiger partial charge in [-0.25, -0.2) is 4.79 Å². The summed E-state index contributed by atoms with van der Waals surface area (Å²) in [6, 6.07) is 5.27. The second-order valence-corrected chi connectivity index (χ2v) is 3.49. The van der Waals surface area contributed by atoms with Gasteiger partial charge in [0.15, 0.2) is 0 Å². The van der Waals surface area contributed by atoms with Crippen LogP contribution < -0.4 is 10.6 Å². The minimum atomic E-state index is -0.528. The maximum atomic E-state index is 11.2. The molecule has 0 aliphatic carbocycles. The minimum absolute atomic E-state index is 0.131. The van der Waals surface area contributed by atoms with Gasteiger partial charge in [-0.3, -0.25) is 10.1 Å². The molecular weight excluding hydrogens is 232 g/mol. The summed E-state index contributed by atoms with van der Waals surface area (Å²) in [5, 5.41) is 5.14. The quantitative estimate of drug-likeness (QED) is 0.776. The van der Waals surface area contributed by atoms with E-state index in [1.807, 2.05) is 6.07 Å². The summed E-state index contributed by atoms with van der Waals surface area (Å²) >= 11 is 5.39. The molecule has 0 saturated heterocycles. The van der Waals surface area contributed by atoms with E-state index in [0.717, 1.165) is 5.56 Å². The summed E-state index contributed by atoms with van der Waals surface area (Å²) in [4.78, 5) is 22.2. The molecule has 0 atom stereocenters. The van der Waals surface area contributed by atoms with Gasteiger partial charge in [0.05, 0.1) is 11.4 Å². The fourth-order valence-electron chi connectivity index (χ4n) is 1.44. The molecule has 0 bridgehead atoms. The van der Waals surface area contributed by atoms with E-state index in [1.165, 1.54) is 0 Å². The van der Waals surface area contributed by atoms with E-state index in [2.05, 4.69) is 10.6 Å². The lowest BCUT2D eigenvalue weighted by Crippen LogP contribution is -2.23. The first-order chi connectivity index (χ1) is 7.70. The number of hydrogen-bond donors (Lipinski definition) is 2. The number of fused-ring (bicyclic) bond motifs is 1. The van der Waals surface area contributed by atoms with Crippen LogP contribution in [0.1, 0.15) is 5.56 Å². The number of benzene rings is 1. The topological polar surface area (TPSA) is 67.4 Å². The minimum Gasteiger partial charge on any atom is -0.444 e. The number of carbonyl (C=O) groups excluding carboxylic acids is 2. The monoisotopic (exact) mass is 240 g/mol. The highest BCUT2D eigenvalue weighted by Crippen LogP contribution is 2.29. The maximum Gasteiger partial charge on any atom is 0.412 e. The van der Waals surface area contributed by atoms with Crippen LogP contribution in [0.25, 0.3) is 0 Å². The standard InChI is InChI=1S/C10H9ClN2O3/c11-4-8(14)12-7-3-1-2-6-5-16-10(15)13-9(6)7/h1-3H,4-5H2,(H,12,14)(H,13,15). The highest BCUT2D eigenvalue weighted by molar-refractivity contribution is 6.29. The van der Waals surface area contributed by atoms with Crippen LogP contribution >= 0.6 is 11.6 Å². The van der Waals surface area contributed by atoms with Gasteiger partial charge >= 0.3 is 6.09 Å². The first-order valence-electron chi connectivity index (χ1n) is 4.62. The molecule has 6 heteroatoms. The average molecular weight is 241 g/mol. The number of cyclic esters (lactones) is 1. The van der Waals surface area contributed by atoms with Gasteiger partial charge in [-0.2, -0.15) is 0 Å². The largest absolute Gasteiger partial charge is 0.444 e. The van der Waals surface area contributed by atoms with E-state index in [9.17, 15) is 9.59 Å². The molecule has 1 aliphatic heterocycles. The Labute approximate surface area is 96.7 Å². The molecule has 16 heavy (non-hydrogen) atoms. The predicted molar refractivity (Wildman–Crippen MR) is 59.6 cm³/mol. The van der Waals surface area contributed by atoms with Gasteiger partial charge in [0.25, 0.3) is 0 Å². The van der Waals surface area contributed by atoms with Crippen molar-refractivity contribution >= 4 is 35.0 Å². The van der Waals surface area contributed by atoms with Gasteiger partial charge in [0.2, 0.25) is 5.91 Å². The first kappa shape index (κ1) is 10.8. The number of ether oxygens (including phenoxy) is 1. The van der Waals surface area contributed by atoms with Gasteiger partial charge in [-0.05, 0) is 6.07 Å². The van der Waals surface area contributed by atoms with Crippen LogP contribution in [0.5, 0.6) is 0 Å². The zero-order valence-electron chi connectivity index (χ0n) is 8.25. The van der Waals surface area contributed by atoms with E-state index in [1.54, 1.807) is 12.1 Å². The highest BCUT2D eigenvalue weighted by Gasteiger charge is 2.19. The third-order valence-corrected chi connectivity index (χ3v) is 2.37. The van der Waals surface area contributed by atoms with Crippen molar-refractivity contribution in [1.29, 1.82) is 0 Å². The van der Waals surface area contributed by atoms with E-state index >= 15 is 0 Å². The summed E-state index contributed by atoms with van der Waals surface area (Å²) in [6.07, 6.45) is -0.528. The van der Waals surface area contributed by atoms with E-state index in [0.29, 0.717) is 11.4 Å². The first-order valence-corrected chi connectivity index (χ1v) is 5.15. The zero-order chi connectivity index (χ0) is 11.5. The van der Waals surface area contributed by atoms with Crippen molar-refractivity contribution < 1.29 is 14.3 Å². The fraction of sp³-hybridized carbons (Fsp3) is 0.200. The Hall–Kier alpha value is -1.75. The van der Waals surface area contributed by atoms with E-state index < -0.39 is 6.09 Å². The van der Waals surface area contributed by atoms with Crippen LogP contribution in [0.4, 0.5) is 16.2 Å². The zero-order valence-corrected chi connectivity index (χ0v) is 9.00. The number of rotatable bonds is 2. The molecule has 0 radical (unpaired) electrons. The molecule has 2 rings (SSSR count). The molecule has 0 unspecified atom stereocenters. The van der Waals surface area contributed by atoms with Gasteiger partial charge < -0.3 is 10.1 Å². The average Bonchev–Trinajstić information content (AvgIpc) is 2.29. The number of carbonyl (C=O) groups is 2. The lowest BCUT2D eigenvalue weighted by molar-refractivity contribution is -0.113. The summed E-state index contributed by atoms with van der Waals surface area (Å²) < 4.78 is 4.80. The number of alkyl halides is 1. The van der Waals surface area contributed by atoms with Crippen molar-refractivity contribution in [2.45, 2.75) is 6.61 Å². The molecule has 1 aromatic rings. The Kier molecular flexibility index (Phi) is 2.96. The van der Waals surface area contributed by atoms with Gasteiger partial charge in [-0.1, -0.05) is 12.1 Å². The Morgan fingerprint density at radius 3 is 3.12 bits per heavy atom. The third kappa shape index (κ3) is 2.09. The van der Waals surface area contributed by atoms with Crippen LogP contribution in [-0.4, -0.2) is 17.9 Å². The van der Waals surface area contributed by atoms with E-state index in [-0.39, 0.29) is 18.4 Å². The SMILES string of the molecule is O=C(CCl)Nc1cccc2c1NC(=O)OC2. The van der Waals surface area contributed by atoms with Crippen LogP contribution in [0, 0.1) is 0 Å². The predicted octanol–water partition coefficient (Wildman–Crippen LogP) is 1.93. The molecule has 1 aliphatic rings. The van der Waals surface area contributed by atoms with Crippen molar-refractivity contribution in [2.24, 2.45) is 0 Å². The van der Waals surface area contributed by atoms with E-state index in [4.69, 9.17) is 16.3 Å². The molecule has 0 aromatic heterocycles. The van der Waals surface area contributed by atoms with Crippen molar-refractivity contribution in [3.8, 4) is 0 Å². The molecular formula is C10H9ClN2O3. The van der Waals surface area contributed by atoms with Crippen molar-refractivity contribution in [3.05, 3.63) is 23.8 Å². The highest BCUT2D eigenvalue weighted by atomic mass is 35.5. The lowest BCUT2D eigenvalue weighted by atomic mass is 10.1. The smallest absolute Gasteiger partial charge is 0.412 e. The number of para-hydroxylation sites is 1. The third-order valence-electron chi connectivity index (χ3n) is 2.13. The van der Waals surface area contributed by atoms with Gasteiger partial charge in [0, 0.05) is 5.56 Å². The second-order valence-electron chi connectivity index (χ2n) is 3.22. The molecule has 5 nitrogen and oxygen atoms in total. The molecule has 2 N–H and O–H groups in total. The van der Waals surface area contributed by atoms with Crippen molar-refractivity contribution in [1.82, 2.24) is 0 Å². The second kappa shape index (κ2) is 4.40. The molecule has 0 fully saturated rings. The number of amides is 2. The molecule has 0 saturated carbocycles. The van der Waals surface area contributed by atoms with Crippen LogP contribution in [0.15, 0.2) is 18.2 Å². The molecule has 0 spiro atoms. The summed E-state index contributed by atoms with van der Waals surface area (Å²) in [6.45, 7) is 0.200. The van der Waals surface area contributed by atoms with Crippen molar-refractivity contribution in [3.63, 3.8) is 0 Å². The van der Waals surface area contributed by atoms with Crippen LogP contribution in [-0.2, 0) is 16.1 Å². The Morgan fingerprint density at radius 1 is 1.56 bits per heavy atom. The molecule has 1 heterocycles. The Balaban J connectivity index is 2.32. The number of hydrogen-bond acceptors (Lipinski definition) is 3. The number of anilines is 2. The lowest BCUT2D eigenvalue weighted by Gasteiger charge is -2.20. The summed E-state index contributed by atoms with van der Waals surface area (Å²) in [7, 11) is 0. The summed E-state index contributed by atoms with van der Waals surface area (Å²) in [5.41, 5.74) is 1.91. The number of nitrogens with one attached hydrogen (secondary N) is 2. The molecule has 1 aromatic carbocycles. The molecule has 84 valence electrons. The van der Waals surface area contributed by atoms with Crippen molar-refractivity contribution in [2.75, 3.05) is 16.5 Å². The fourth-order valence-corrected chi connectivity index (χ4v) is 1.50. The Morgan fingerprint density at radius 2 is 2.38 bits per heavy atom. The molecule has 2 amide bonds. The Bertz CT molecular complexity index is 448. The van der Waals surface area contributed by atoms with Crippen LogP contribution in [0.3, 0.4) is 0 Å². The maximum absolute atomic E-state index is 11.2. The number of halogens is 1. The van der Waals surface area contributed by atoms with Gasteiger partial charge in [-0.15, -0.1) is 11.6 Å². The van der Waals surface area contributed by atoms with Crippen LogP contribution in [0.2, 0.25) is 0 Å².